The molecule has 3 aromatic rings. The van der Waals surface area contributed by atoms with Crippen LogP contribution in [-0.2, 0) is 0 Å². The molecule has 0 saturated carbocycles. The summed E-state index contributed by atoms with van der Waals surface area (Å²) in [6.45, 7) is 0. The van der Waals surface area contributed by atoms with Crippen LogP contribution in [0.5, 0.6) is 0 Å². The minimum Gasteiger partial charge on any atom is -0.321 e. The predicted octanol–water partition coefficient (Wildman–Crippen LogP) is 1.79. The van der Waals surface area contributed by atoms with Gasteiger partial charge in [0.25, 0.3) is 5.91 Å². The standard InChI is InChI=1S/C15H10N6O/c16-9-11-1-3-12(4-2-11)19-14(22)13-5-6-18-15(20-13)21-8-7-17-10-21/h1-8,10H,(H,19,22). The summed E-state index contributed by atoms with van der Waals surface area (Å²) in [6, 6.07) is 10.1. The highest BCUT2D eigenvalue weighted by molar-refractivity contribution is 6.02. The van der Waals surface area contributed by atoms with Crippen molar-refractivity contribution < 1.29 is 4.79 Å². The zero-order valence-corrected chi connectivity index (χ0v) is 11.3. The largest absolute Gasteiger partial charge is 0.321 e. The topological polar surface area (TPSA) is 96.5 Å². The average molecular weight is 290 g/mol. The van der Waals surface area contributed by atoms with E-state index in [4.69, 9.17) is 5.26 Å². The third-order valence-corrected chi connectivity index (χ3v) is 2.88. The zero-order chi connectivity index (χ0) is 15.4. The van der Waals surface area contributed by atoms with Crippen molar-refractivity contribution in [3.05, 3.63) is 66.5 Å². The molecule has 0 atom stereocenters. The summed E-state index contributed by atoms with van der Waals surface area (Å²) in [7, 11) is 0. The number of carbonyl (C=O) groups is 1. The minimum absolute atomic E-state index is 0.239. The van der Waals surface area contributed by atoms with Crippen molar-refractivity contribution in [2.75, 3.05) is 5.32 Å². The van der Waals surface area contributed by atoms with E-state index in [9.17, 15) is 4.79 Å². The van der Waals surface area contributed by atoms with E-state index in [1.165, 1.54) is 12.3 Å². The molecule has 0 aliphatic heterocycles. The van der Waals surface area contributed by atoms with Crippen LogP contribution in [0.1, 0.15) is 16.1 Å². The third-order valence-electron chi connectivity index (χ3n) is 2.88. The van der Waals surface area contributed by atoms with E-state index >= 15 is 0 Å². The van der Waals surface area contributed by atoms with Crippen LogP contribution in [0.3, 0.4) is 0 Å². The van der Waals surface area contributed by atoms with Crippen molar-refractivity contribution in [3.8, 4) is 12.0 Å². The number of rotatable bonds is 3. The number of carbonyl (C=O) groups excluding carboxylic acids is 1. The van der Waals surface area contributed by atoms with E-state index in [1.807, 2.05) is 6.07 Å². The number of hydrogen-bond donors (Lipinski definition) is 1. The Balaban J connectivity index is 1.80. The van der Waals surface area contributed by atoms with Gasteiger partial charge in [0.2, 0.25) is 5.95 Å². The highest BCUT2D eigenvalue weighted by Gasteiger charge is 2.10. The maximum Gasteiger partial charge on any atom is 0.274 e. The second kappa shape index (κ2) is 5.85. The first-order chi connectivity index (χ1) is 10.8. The van der Waals surface area contributed by atoms with Crippen molar-refractivity contribution in [3.63, 3.8) is 0 Å². The van der Waals surface area contributed by atoms with Gasteiger partial charge in [0.05, 0.1) is 11.6 Å². The van der Waals surface area contributed by atoms with E-state index in [-0.39, 0.29) is 11.6 Å². The van der Waals surface area contributed by atoms with Crippen LogP contribution in [0.25, 0.3) is 5.95 Å². The first-order valence-corrected chi connectivity index (χ1v) is 6.39. The lowest BCUT2D eigenvalue weighted by Crippen LogP contribution is -2.15. The molecule has 0 saturated heterocycles. The van der Waals surface area contributed by atoms with Gasteiger partial charge in [-0.15, -0.1) is 0 Å². The van der Waals surface area contributed by atoms with Crippen LogP contribution in [0.15, 0.2) is 55.2 Å². The third kappa shape index (κ3) is 2.81. The van der Waals surface area contributed by atoms with Gasteiger partial charge in [-0.05, 0) is 30.3 Å². The molecular formula is C15H10N6O. The highest BCUT2D eigenvalue weighted by Crippen LogP contribution is 2.10. The van der Waals surface area contributed by atoms with Gasteiger partial charge in [-0.25, -0.2) is 15.0 Å². The number of imidazole rings is 1. The van der Waals surface area contributed by atoms with Gasteiger partial charge in [0.1, 0.15) is 12.0 Å². The van der Waals surface area contributed by atoms with E-state index in [0.29, 0.717) is 17.2 Å². The number of aromatic nitrogens is 4. The van der Waals surface area contributed by atoms with Crippen molar-refractivity contribution in [2.24, 2.45) is 0 Å². The van der Waals surface area contributed by atoms with Crippen LogP contribution in [-0.4, -0.2) is 25.4 Å². The lowest BCUT2D eigenvalue weighted by molar-refractivity contribution is 0.102. The molecule has 0 aliphatic carbocycles. The Morgan fingerprint density at radius 1 is 1.18 bits per heavy atom. The lowest BCUT2D eigenvalue weighted by Gasteiger charge is -2.06. The average Bonchev–Trinajstić information content (AvgIpc) is 3.10. The summed E-state index contributed by atoms with van der Waals surface area (Å²) in [5.74, 6) is 0.0125. The number of benzene rings is 1. The van der Waals surface area contributed by atoms with Crippen LogP contribution < -0.4 is 5.32 Å². The molecule has 0 fully saturated rings. The van der Waals surface area contributed by atoms with Gasteiger partial charge in [0, 0.05) is 24.3 Å². The first-order valence-electron chi connectivity index (χ1n) is 6.39. The minimum atomic E-state index is -0.353. The monoisotopic (exact) mass is 290 g/mol. The van der Waals surface area contributed by atoms with Gasteiger partial charge in [-0.2, -0.15) is 5.26 Å². The SMILES string of the molecule is N#Cc1ccc(NC(=O)c2ccnc(-n3ccnc3)n2)cc1. The van der Waals surface area contributed by atoms with Crippen molar-refractivity contribution in [2.45, 2.75) is 0 Å². The van der Waals surface area contributed by atoms with E-state index in [1.54, 1.807) is 47.6 Å². The van der Waals surface area contributed by atoms with E-state index in [2.05, 4.69) is 20.3 Å². The molecule has 1 amide bonds. The lowest BCUT2D eigenvalue weighted by atomic mass is 10.2. The Morgan fingerprint density at radius 3 is 2.68 bits per heavy atom. The van der Waals surface area contributed by atoms with Gasteiger partial charge in [0.15, 0.2) is 0 Å². The van der Waals surface area contributed by atoms with Crippen molar-refractivity contribution in [1.29, 1.82) is 5.26 Å². The van der Waals surface area contributed by atoms with Gasteiger partial charge < -0.3 is 5.32 Å². The number of nitriles is 1. The normalized spacial score (nSPS) is 9.95. The number of nitrogens with zero attached hydrogens (tertiary/aromatic N) is 5. The molecule has 0 radical (unpaired) electrons. The zero-order valence-electron chi connectivity index (χ0n) is 11.3. The summed E-state index contributed by atoms with van der Waals surface area (Å²) >= 11 is 0. The van der Waals surface area contributed by atoms with Crippen LogP contribution in [0.2, 0.25) is 0 Å². The summed E-state index contributed by atoms with van der Waals surface area (Å²) in [5, 5.41) is 11.5. The summed E-state index contributed by atoms with van der Waals surface area (Å²) in [4.78, 5) is 24.4. The number of amides is 1. The molecule has 0 aliphatic rings. The molecule has 1 N–H and O–H groups in total. The highest BCUT2D eigenvalue weighted by atomic mass is 16.1. The number of hydrogen-bond acceptors (Lipinski definition) is 5. The quantitative estimate of drug-likeness (QED) is 0.793. The summed E-state index contributed by atoms with van der Waals surface area (Å²) < 4.78 is 1.61. The maximum atomic E-state index is 12.2. The van der Waals surface area contributed by atoms with Crippen LogP contribution >= 0.6 is 0 Å². The van der Waals surface area contributed by atoms with Gasteiger partial charge >= 0.3 is 0 Å². The molecule has 106 valence electrons. The van der Waals surface area contributed by atoms with Crippen molar-refractivity contribution in [1.82, 2.24) is 19.5 Å². The fraction of sp³-hybridized carbons (Fsp3) is 0. The summed E-state index contributed by atoms with van der Waals surface area (Å²) in [6.07, 6.45) is 6.36. The number of anilines is 1. The molecule has 7 nitrogen and oxygen atoms in total. The Bertz CT molecular complexity index is 833. The Kier molecular flexibility index (Phi) is 3.58. The Hall–Kier alpha value is -3.53. The second-order valence-electron chi connectivity index (χ2n) is 4.36. The molecule has 22 heavy (non-hydrogen) atoms. The van der Waals surface area contributed by atoms with Gasteiger partial charge in [-0.1, -0.05) is 0 Å². The Labute approximate surface area is 125 Å². The molecule has 0 spiro atoms. The van der Waals surface area contributed by atoms with Crippen molar-refractivity contribution >= 4 is 11.6 Å². The Morgan fingerprint density at radius 2 is 2.00 bits per heavy atom. The van der Waals surface area contributed by atoms with Crippen LogP contribution in [0.4, 0.5) is 5.69 Å². The molecule has 7 heteroatoms. The summed E-state index contributed by atoms with van der Waals surface area (Å²) in [5.41, 5.74) is 1.36. The predicted molar refractivity (Wildman–Crippen MR) is 78.3 cm³/mol. The molecule has 3 rings (SSSR count). The van der Waals surface area contributed by atoms with E-state index in [0.717, 1.165) is 0 Å². The number of nitrogens with one attached hydrogen (secondary N) is 1. The maximum absolute atomic E-state index is 12.2. The molecule has 2 aromatic heterocycles. The second-order valence-corrected chi connectivity index (χ2v) is 4.36. The van der Waals surface area contributed by atoms with E-state index < -0.39 is 0 Å². The molecule has 0 bridgehead atoms. The fourth-order valence-corrected chi connectivity index (χ4v) is 1.80. The van der Waals surface area contributed by atoms with Gasteiger partial charge in [-0.3, -0.25) is 9.36 Å². The molecule has 2 heterocycles. The molecule has 1 aromatic carbocycles. The first kappa shape index (κ1) is 13.5. The molecule has 0 unspecified atom stereocenters. The fourth-order valence-electron chi connectivity index (χ4n) is 1.80. The molecular weight excluding hydrogens is 280 g/mol. The van der Waals surface area contributed by atoms with Crippen LogP contribution in [0, 0.1) is 11.3 Å². The smallest absolute Gasteiger partial charge is 0.274 e.